The molecule has 0 fully saturated rings. The summed E-state index contributed by atoms with van der Waals surface area (Å²) in [6, 6.07) is 14.0. The maximum absolute atomic E-state index is 12.1. The summed E-state index contributed by atoms with van der Waals surface area (Å²) in [5, 5.41) is 2.59. The van der Waals surface area contributed by atoms with Crippen LogP contribution >= 0.6 is 0 Å². The number of carbonyl (C=O) groups excluding carboxylic acids is 2. The van der Waals surface area contributed by atoms with E-state index in [-0.39, 0.29) is 18.4 Å². The van der Waals surface area contributed by atoms with Crippen molar-refractivity contribution in [1.82, 2.24) is 15.2 Å². The molecule has 0 radical (unpaired) electrons. The molecular weight excluding hydrogens is 304 g/mol. The van der Waals surface area contributed by atoms with Gasteiger partial charge in [-0.1, -0.05) is 36.4 Å². The first kappa shape index (κ1) is 17.6. The Labute approximate surface area is 141 Å². The van der Waals surface area contributed by atoms with Crippen LogP contribution < -0.4 is 11.1 Å². The van der Waals surface area contributed by atoms with E-state index in [0.717, 1.165) is 5.69 Å². The third-order valence-corrected chi connectivity index (χ3v) is 3.71. The molecule has 6 nitrogen and oxygen atoms in total. The van der Waals surface area contributed by atoms with Gasteiger partial charge in [-0.3, -0.25) is 14.6 Å². The highest BCUT2D eigenvalue weighted by Gasteiger charge is 2.17. The van der Waals surface area contributed by atoms with E-state index in [1.165, 1.54) is 0 Å². The summed E-state index contributed by atoms with van der Waals surface area (Å²) in [5.74, 6) is -0.535. The first-order chi connectivity index (χ1) is 11.6. The van der Waals surface area contributed by atoms with E-state index in [1.807, 2.05) is 36.4 Å². The Hall–Kier alpha value is -2.73. The van der Waals surface area contributed by atoms with Crippen molar-refractivity contribution >= 4 is 11.8 Å². The number of benzene rings is 1. The Kier molecular flexibility index (Phi) is 6.45. The molecule has 2 rings (SSSR count). The molecule has 0 aliphatic carbocycles. The number of nitrogens with one attached hydrogen (secondary N) is 1. The van der Waals surface area contributed by atoms with Crippen LogP contribution in [0.3, 0.4) is 0 Å². The molecule has 3 N–H and O–H groups in total. The number of nitrogens with zero attached hydrogens (tertiary/aromatic N) is 2. The Balaban J connectivity index is 1.76. The topological polar surface area (TPSA) is 88.3 Å². The highest BCUT2D eigenvalue weighted by Crippen LogP contribution is 2.08. The molecule has 126 valence electrons. The van der Waals surface area contributed by atoms with E-state index in [4.69, 9.17) is 5.73 Å². The molecule has 1 aromatic carbocycles. The predicted octanol–water partition coefficient (Wildman–Crippen LogP) is 0.899. The van der Waals surface area contributed by atoms with Gasteiger partial charge in [-0.2, -0.15) is 0 Å². The van der Waals surface area contributed by atoms with Gasteiger partial charge >= 0.3 is 0 Å². The van der Waals surface area contributed by atoms with Crippen molar-refractivity contribution in [2.24, 2.45) is 5.73 Å². The second kappa shape index (κ2) is 8.79. The van der Waals surface area contributed by atoms with Gasteiger partial charge in [0.2, 0.25) is 11.8 Å². The molecule has 1 atom stereocenters. The zero-order valence-corrected chi connectivity index (χ0v) is 13.7. The van der Waals surface area contributed by atoms with Crippen LogP contribution in [0, 0.1) is 0 Å². The second-order valence-electron chi connectivity index (χ2n) is 5.49. The molecule has 0 bridgehead atoms. The Bertz CT molecular complexity index is 661. The van der Waals surface area contributed by atoms with Gasteiger partial charge in [0.15, 0.2) is 0 Å². The second-order valence-corrected chi connectivity index (χ2v) is 5.49. The van der Waals surface area contributed by atoms with Crippen LogP contribution in [0.1, 0.15) is 17.3 Å². The van der Waals surface area contributed by atoms with E-state index in [9.17, 15) is 9.59 Å². The van der Waals surface area contributed by atoms with Crippen LogP contribution in [0.15, 0.2) is 54.7 Å². The van der Waals surface area contributed by atoms with Crippen molar-refractivity contribution < 1.29 is 9.59 Å². The van der Waals surface area contributed by atoms with Crippen LogP contribution in [-0.4, -0.2) is 41.8 Å². The quantitative estimate of drug-likeness (QED) is 0.791. The zero-order chi connectivity index (χ0) is 17.4. The number of amides is 2. The molecule has 6 heteroatoms. The number of pyridine rings is 1. The Morgan fingerprint density at radius 1 is 1.17 bits per heavy atom. The molecule has 1 heterocycles. The lowest BCUT2D eigenvalue weighted by Gasteiger charge is -2.18. The van der Waals surface area contributed by atoms with E-state index in [1.54, 1.807) is 30.3 Å². The SMILES string of the molecule is CN(CCc1ccccn1)C(=O)CNC(=O)C(N)c1ccccc1. The normalized spacial score (nSPS) is 11.6. The zero-order valence-electron chi connectivity index (χ0n) is 13.7. The number of hydrogen-bond acceptors (Lipinski definition) is 4. The van der Waals surface area contributed by atoms with Gasteiger partial charge in [-0.15, -0.1) is 0 Å². The van der Waals surface area contributed by atoms with Gasteiger partial charge < -0.3 is 16.0 Å². The minimum absolute atomic E-state index is 0.0713. The molecule has 0 aliphatic heterocycles. The fourth-order valence-corrected chi connectivity index (χ4v) is 2.17. The smallest absolute Gasteiger partial charge is 0.241 e. The summed E-state index contributed by atoms with van der Waals surface area (Å²) < 4.78 is 0. The number of likely N-dealkylation sites (N-methyl/N-ethyl adjacent to an activating group) is 1. The molecule has 2 aromatic rings. The summed E-state index contributed by atoms with van der Waals surface area (Å²) in [6.45, 7) is 0.467. The minimum Gasteiger partial charge on any atom is -0.345 e. The summed E-state index contributed by atoms with van der Waals surface area (Å²) in [4.78, 5) is 29.9. The van der Waals surface area contributed by atoms with Crippen LogP contribution in [0.4, 0.5) is 0 Å². The molecular formula is C18H22N4O2. The monoisotopic (exact) mass is 326 g/mol. The lowest BCUT2D eigenvalue weighted by atomic mass is 10.1. The maximum Gasteiger partial charge on any atom is 0.241 e. The standard InChI is InChI=1S/C18H22N4O2/c1-22(12-10-15-9-5-6-11-20-15)16(23)13-21-18(24)17(19)14-7-3-2-4-8-14/h2-9,11,17H,10,12-13,19H2,1H3,(H,21,24). The fourth-order valence-electron chi connectivity index (χ4n) is 2.17. The molecule has 0 saturated carbocycles. The number of nitrogens with two attached hydrogens (primary N) is 1. The third kappa shape index (κ3) is 5.17. The van der Waals surface area contributed by atoms with Gasteiger partial charge in [-0.05, 0) is 17.7 Å². The molecule has 0 spiro atoms. The number of carbonyl (C=O) groups is 2. The van der Waals surface area contributed by atoms with Crippen molar-refractivity contribution in [3.8, 4) is 0 Å². The van der Waals surface area contributed by atoms with Crippen molar-refractivity contribution in [1.29, 1.82) is 0 Å². The Morgan fingerprint density at radius 2 is 1.88 bits per heavy atom. The molecule has 24 heavy (non-hydrogen) atoms. The molecule has 0 saturated heterocycles. The van der Waals surface area contributed by atoms with E-state index >= 15 is 0 Å². The van der Waals surface area contributed by atoms with Gasteiger partial charge in [0.1, 0.15) is 6.04 Å². The number of hydrogen-bond donors (Lipinski definition) is 2. The van der Waals surface area contributed by atoms with E-state index in [0.29, 0.717) is 18.5 Å². The van der Waals surface area contributed by atoms with Crippen LogP contribution in [0.2, 0.25) is 0 Å². The lowest BCUT2D eigenvalue weighted by Crippen LogP contribution is -2.42. The number of rotatable bonds is 7. The van der Waals surface area contributed by atoms with Gasteiger partial charge in [0.05, 0.1) is 6.54 Å². The number of aromatic nitrogens is 1. The van der Waals surface area contributed by atoms with E-state index < -0.39 is 6.04 Å². The van der Waals surface area contributed by atoms with Gasteiger partial charge in [0.25, 0.3) is 0 Å². The minimum atomic E-state index is -0.780. The summed E-state index contributed by atoms with van der Waals surface area (Å²) in [6.07, 6.45) is 2.39. The fraction of sp³-hybridized carbons (Fsp3) is 0.278. The average molecular weight is 326 g/mol. The molecule has 2 amide bonds. The molecule has 0 aliphatic rings. The van der Waals surface area contributed by atoms with Gasteiger partial charge in [-0.25, -0.2) is 0 Å². The van der Waals surface area contributed by atoms with Crippen molar-refractivity contribution in [3.63, 3.8) is 0 Å². The van der Waals surface area contributed by atoms with Crippen molar-refractivity contribution in [3.05, 3.63) is 66.0 Å². The first-order valence-corrected chi connectivity index (χ1v) is 7.80. The summed E-state index contributed by atoms with van der Waals surface area (Å²) >= 11 is 0. The lowest BCUT2D eigenvalue weighted by molar-refractivity contribution is -0.132. The summed E-state index contributed by atoms with van der Waals surface area (Å²) in [5.41, 5.74) is 7.53. The van der Waals surface area contributed by atoms with Crippen molar-refractivity contribution in [2.75, 3.05) is 20.1 Å². The Morgan fingerprint density at radius 3 is 2.54 bits per heavy atom. The highest BCUT2D eigenvalue weighted by molar-refractivity contribution is 5.87. The average Bonchev–Trinajstić information content (AvgIpc) is 2.64. The largest absolute Gasteiger partial charge is 0.345 e. The van der Waals surface area contributed by atoms with Crippen LogP contribution in [-0.2, 0) is 16.0 Å². The van der Waals surface area contributed by atoms with Crippen LogP contribution in [0.25, 0.3) is 0 Å². The van der Waals surface area contributed by atoms with Crippen molar-refractivity contribution in [2.45, 2.75) is 12.5 Å². The highest BCUT2D eigenvalue weighted by atomic mass is 16.2. The van der Waals surface area contributed by atoms with Crippen LogP contribution in [0.5, 0.6) is 0 Å². The maximum atomic E-state index is 12.1. The first-order valence-electron chi connectivity index (χ1n) is 7.80. The molecule has 1 unspecified atom stereocenters. The van der Waals surface area contributed by atoms with E-state index in [2.05, 4.69) is 10.3 Å². The molecule has 1 aromatic heterocycles. The summed E-state index contributed by atoms with van der Waals surface area (Å²) in [7, 11) is 1.70. The third-order valence-electron chi connectivity index (χ3n) is 3.71. The van der Waals surface area contributed by atoms with Gasteiger partial charge in [0, 0.05) is 31.9 Å². The predicted molar refractivity (Wildman–Crippen MR) is 92.0 cm³/mol.